The summed E-state index contributed by atoms with van der Waals surface area (Å²) in [5, 5.41) is 1.01. The summed E-state index contributed by atoms with van der Waals surface area (Å²) in [7, 11) is 0. The fourth-order valence-corrected chi connectivity index (χ4v) is 5.38. The number of aromatic nitrogens is 2. The third kappa shape index (κ3) is 3.50. The van der Waals surface area contributed by atoms with Gasteiger partial charge in [0.05, 0.1) is 11.1 Å². The minimum absolute atomic E-state index is 0.0765. The maximum absolute atomic E-state index is 13.4. The lowest BCUT2D eigenvalue weighted by molar-refractivity contribution is -0.135. The molecule has 158 valence electrons. The van der Waals surface area contributed by atoms with Crippen LogP contribution in [0.25, 0.3) is 15.9 Å². The highest BCUT2D eigenvalue weighted by Crippen LogP contribution is 2.27. The lowest BCUT2D eigenvalue weighted by Gasteiger charge is -2.33. The van der Waals surface area contributed by atoms with E-state index in [9.17, 15) is 14.4 Å². The van der Waals surface area contributed by atoms with Crippen LogP contribution in [0.2, 0.25) is 5.02 Å². The Morgan fingerprint density at radius 3 is 2.53 bits per heavy atom. The zero-order valence-corrected chi connectivity index (χ0v) is 18.8. The molecule has 0 N–H and O–H groups in total. The van der Waals surface area contributed by atoms with Crippen LogP contribution in [-0.4, -0.2) is 32.5 Å². The van der Waals surface area contributed by atoms with Gasteiger partial charge in [-0.2, -0.15) is 0 Å². The summed E-state index contributed by atoms with van der Waals surface area (Å²) in [6.07, 6.45) is 3.05. The van der Waals surface area contributed by atoms with Gasteiger partial charge in [-0.25, -0.2) is 9.36 Å². The van der Waals surface area contributed by atoms with Gasteiger partial charge in [-0.15, -0.1) is 11.3 Å². The van der Waals surface area contributed by atoms with Crippen LogP contribution in [0, 0.1) is 13.8 Å². The SMILES string of the molecule is Cc1sc2c(c1C)c(=O)n(-c1ccc(Cl)cc1)c(=O)n2CC(=O)N1CCCC[C@H]1C. The van der Waals surface area contributed by atoms with Gasteiger partial charge in [0.2, 0.25) is 5.91 Å². The number of likely N-dealkylation sites (tertiary alicyclic amines) is 1. The second-order valence-corrected chi connectivity index (χ2v) is 9.52. The zero-order chi connectivity index (χ0) is 21.6. The summed E-state index contributed by atoms with van der Waals surface area (Å²) < 4.78 is 2.60. The van der Waals surface area contributed by atoms with Crippen LogP contribution in [-0.2, 0) is 11.3 Å². The van der Waals surface area contributed by atoms with Crippen molar-refractivity contribution in [2.45, 2.75) is 52.6 Å². The molecule has 4 rings (SSSR count). The third-order valence-corrected chi connectivity index (χ3v) is 7.43. The van der Waals surface area contributed by atoms with E-state index in [1.807, 2.05) is 25.7 Å². The molecule has 3 heterocycles. The lowest BCUT2D eigenvalue weighted by Crippen LogP contribution is -2.46. The molecule has 0 spiro atoms. The molecule has 3 aromatic rings. The Morgan fingerprint density at radius 2 is 1.87 bits per heavy atom. The summed E-state index contributed by atoms with van der Waals surface area (Å²) in [5.74, 6) is -0.0874. The molecule has 1 amide bonds. The Balaban J connectivity index is 1.91. The molecule has 30 heavy (non-hydrogen) atoms. The van der Waals surface area contributed by atoms with Crippen LogP contribution in [0.4, 0.5) is 0 Å². The second kappa shape index (κ2) is 8.04. The van der Waals surface area contributed by atoms with E-state index < -0.39 is 5.69 Å². The van der Waals surface area contributed by atoms with E-state index in [0.29, 0.717) is 27.5 Å². The highest BCUT2D eigenvalue weighted by molar-refractivity contribution is 7.18. The topological polar surface area (TPSA) is 64.3 Å². The van der Waals surface area contributed by atoms with E-state index in [0.717, 1.165) is 34.3 Å². The predicted octanol–water partition coefficient (Wildman–Crippen LogP) is 3.89. The number of carbonyl (C=O) groups excluding carboxylic acids is 1. The number of aryl methyl sites for hydroxylation is 2. The van der Waals surface area contributed by atoms with Crippen molar-refractivity contribution >= 4 is 39.1 Å². The average molecular weight is 446 g/mol. The van der Waals surface area contributed by atoms with E-state index >= 15 is 0 Å². The number of rotatable bonds is 3. The molecule has 1 fully saturated rings. The monoisotopic (exact) mass is 445 g/mol. The molecule has 0 radical (unpaired) electrons. The Labute approximate surface area is 183 Å². The number of benzene rings is 1. The largest absolute Gasteiger partial charge is 0.338 e. The Hall–Kier alpha value is -2.38. The summed E-state index contributed by atoms with van der Waals surface area (Å²) >= 11 is 7.37. The molecule has 1 aliphatic rings. The number of piperidine rings is 1. The number of hydrogen-bond donors (Lipinski definition) is 0. The van der Waals surface area contributed by atoms with Crippen molar-refractivity contribution in [3.05, 3.63) is 60.6 Å². The number of carbonyl (C=O) groups is 1. The second-order valence-electron chi connectivity index (χ2n) is 7.88. The van der Waals surface area contributed by atoms with Crippen molar-refractivity contribution in [1.82, 2.24) is 14.0 Å². The summed E-state index contributed by atoms with van der Waals surface area (Å²) in [5.41, 5.74) is 0.408. The zero-order valence-electron chi connectivity index (χ0n) is 17.3. The van der Waals surface area contributed by atoms with Gasteiger partial charge >= 0.3 is 5.69 Å². The molecule has 0 unspecified atom stereocenters. The van der Waals surface area contributed by atoms with Crippen molar-refractivity contribution in [3.63, 3.8) is 0 Å². The Bertz CT molecular complexity index is 1240. The van der Waals surface area contributed by atoms with Gasteiger partial charge in [-0.05, 0) is 69.9 Å². The summed E-state index contributed by atoms with van der Waals surface area (Å²) in [6.45, 7) is 6.48. The van der Waals surface area contributed by atoms with Crippen LogP contribution in [0.1, 0.15) is 36.6 Å². The number of halogens is 1. The van der Waals surface area contributed by atoms with Crippen molar-refractivity contribution in [1.29, 1.82) is 0 Å². The first-order valence-corrected chi connectivity index (χ1v) is 11.3. The van der Waals surface area contributed by atoms with Crippen molar-refractivity contribution in [2.75, 3.05) is 6.54 Å². The standard InChI is InChI=1S/C22H24ClN3O3S/c1-13-6-4-5-11-24(13)18(27)12-25-21-19(14(2)15(3)30-21)20(28)26(22(25)29)17-9-7-16(23)8-10-17/h7-10,13H,4-6,11-12H2,1-3H3/t13-/m1/s1. The fraction of sp³-hybridized carbons (Fsp3) is 0.409. The van der Waals surface area contributed by atoms with Crippen molar-refractivity contribution in [3.8, 4) is 5.69 Å². The smallest absolute Gasteiger partial charge is 0.337 e. The Kier molecular flexibility index (Phi) is 5.59. The molecule has 8 heteroatoms. The maximum Gasteiger partial charge on any atom is 0.337 e. The highest BCUT2D eigenvalue weighted by Gasteiger charge is 2.26. The molecular weight excluding hydrogens is 422 g/mol. The molecule has 0 saturated carbocycles. The summed E-state index contributed by atoms with van der Waals surface area (Å²) in [4.78, 5) is 43.2. The van der Waals surface area contributed by atoms with Gasteiger partial charge in [0.1, 0.15) is 11.4 Å². The van der Waals surface area contributed by atoms with Crippen molar-refractivity contribution < 1.29 is 4.79 Å². The van der Waals surface area contributed by atoms with E-state index in [1.54, 1.807) is 24.3 Å². The van der Waals surface area contributed by atoms with E-state index in [4.69, 9.17) is 11.6 Å². The van der Waals surface area contributed by atoms with Crippen LogP contribution in [0.3, 0.4) is 0 Å². The number of thiophene rings is 1. The normalized spacial score (nSPS) is 16.9. The minimum Gasteiger partial charge on any atom is -0.338 e. The fourth-order valence-electron chi connectivity index (χ4n) is 4.11. The van der Waals surface area contributed by atoms with Gasteiger partial charge in [0, 0.05) is 22.5 Å². The average Bonchev–Trinajstić information content (AvgIpc) is 3.01. The Morgan fingerprint density at radius 1 is 1.17 bits per heavy atom. The molecule has 1 aliphatic heterocycles. The first-order valence-electron chi connectivity index (χ1n) is 10.1. The van der Waals surface area contributed by atoms with Crippen LogP contribution in [0.5, 0.6) is 0 Å². The van der Waals surface area contributed by atoms with Crippen LogP contribution < -0.4 is 11.2 Å². The predicted molar refractivity (Wildman–Crippen MR) is 121 cm³/mol. The quantitative estimate of drug-likeness (QED) is 0.614. The third-order valence-electron chi connectivity index (χ3n) is 5.95. The molecule has 1 aromatic carbocycles. The number of nitrogens with zero attached hydrogens (tertiary/aromatic N) is 3. The molecule has 2 aromatic heterocycles. The number of hydrogen-bond acceptors (Lipinski definition) is 4. The van der Waals surface area contributed by atoms with Gasteiger partial charge in [-0.3, -0.25) is 14.2 Å². The van der Waals surface area contributed by atoms with Gasteiger partial charge in [0.25, 0.3) is 5.56 Å². The van der Waals surface area contributed by atoms with Gasteiger partial charge < -0.3 is 4.90 Å². The molecular formula is C22H24ClN3O3S. The molecule has 1 atom stereocenters. The highest BCUT2D eigenvalue weighted by atomic mass is 35.5. The summed E-state index contributed by atoms with van der Waals surface area (Å²) in [6, 6.07) is 6.73. The molecule has 0 bridgehead atoms. The molecule has 0 aliphatic carbocycles. The van der Waals surface area contributed by atoms with Crippen LogP contribution in [0.15, 0.2) is 33.9 Å². The maximum atomic E-state index is 13.4. The van der Waals surface area contributed by atoms with Gasteiger partial charge in [0.15, 0.2) is 0 Å². The first-order chi connectivity index (χ1) is 14.3. The minimum atomic E-state index is -0.505. The molecule has 1 saturated heterocycles. The van der Waals surface area contributed by atoms with Crippen LogP contribution >= 0.6 is 22.9 Å². The number of fused-ring (bicyclic) bond motifs is 1. The van der Waals surface area contributed by atoms with E-state index in [-0.39, 0.29) is 24.1 Å². The lowest BCUT2D eigenvalue weighted by atomic mass is 10.0. The number of amides is 1. The molecule has 6 nitrogen and oxygen atoms in total. The van der Waals surface area contributed by atoms with E-state index in [2.05, 4.69) is 0 Å². The van der Waals surface area contributed by atoms with E-state index in [1.165, 1.54) is 15.9 Å². The van der Waals surface area contributed by atoms with Crippen molar-refractivity contribution in [2.24, 2.45) is 0 Å². The first kappa shape index (κ1) is 20.9. The van der Waals surface area contributed by atoms with Gasteiger partial charge in [-0.1, -0.05) is 11.6 Å².